The van der Waals surface area contributed by atoms with Crippen LogP contribution in [0.25, 0.3) is 50.9 Å². The van der Waals surface area contributed by atoms with E-state index in [0.717, 1.165) is 32.8 Å². The molecule has 3 unspecified atom stereocenters. The summed E-state index contributed by atoms with van der Waals surface area (Å²) in [5.74, 6) is -3.45. The zero-order valence-electron chi connectivity index (χ0n) is 79.6. The summed E-state index contributed by atoms with van der Waals surface area (Å²) in [5.41, 5.74) is 10.9. The van der Waals surface area contributed by atoms with Gasteiger partial charge in [0.05, 0.1) is 71.5 Å². The summed E-state index contributed by atoms with van der Waals surface area (Å²) in [6, 6.07) is 22.6. The van der Waals surface area contributed by atoms with Crippen molar-refractivity contribution in [3.63, 3.8) is 0 Å². The summed E-state index contributed by atoms with van der Waals surface area (Å²) in [5, 5.41) is 23.9. The molecule has 9 N–H and O–H groups in total. The van der Waals surface area contributed by atoms with Crippen molar-refractivity contribution in [3.05, 3.63) is 156 Å². The Labute approximate surface area is 791 Å². The van der Waals surface area contributed by atoms with Gasteiger partial charge in [0.25, 0.3) is 41.4 Å². The third-order valence-electron chi connectivity index (χ3n) is 25.5. The topological polar surface area (TPSA) is 450 Å². The maximum atomic E-state index is 14.1. The zero-order chi connectivity index (χ0) is 98.0. The lowest BCUT2D eigenvalue weighted by molar-refractivity contribution is -0.184. The Morgan fingerprint density at radius 2 is 0.750 bits per heavy atom. The normalized spacial score (nSPS) is 29.2. The number of ether oxygens (including phenoxy) is 7. The Morgan fingerprint density at radius 1 is 0.426 bits per heavy atom. The molecule has 136 heavy (non-hydrogen) atoms. The molecule has 37 nitrogen and oxygen atoms in total. The van der Waals surface area contributed by atoms with Crippen LogP contribution in [0.5, 0.6) is 0 Å². The largest absolute Gasteiger partial charge is 0.464 e. The average Bonchev–Trinajstić information content (AvgIpc) is 0.900. The number of carbonyl (C=O) groups excluding carboxylic acids is 12. The number of hydrogen-bond acceptors (Lipinski definition) is 27. The number of fused-ring (bicyclic) bond motifs is 12. The first-order valence-electron chi connectivity index (χ1n) is 46.6. The lowest BCUT2D eigenvalue weighted by atomic mass is 9.88. The van der Waals surface area contributed by atoms with Crippen molar-refractivity contribution in [2.45, 2.75) is 212 Å². The molecule has 6 fully saturated rings. The number of nitrogens with one attached hydrogen (secondary N) is 9. The molecule has 0 radical (unpaired) electrons. The molecule has 3 aromatic heterocycles. The molecule has 15 atom stereocenters. The molecule has 9 amide bonds. The smallest absolute Gasteiger partial charge is 0.344 e. The van der Waals surface area contributed by atoms with Crippen molar-refractivity contribution < 1.29 is 94.9 Å². The average molecular weight is 1900 g/mol. The number of nitrogens with zero attached hydrogens (tertiary/aromatic N) is 8. The van der Waals surface area contributed by atoms with Gasteiger partial charge in [0.1, 0.15) is 49.5 Å². The second-order valence-corrected chi connectivity index (χ2v) is 39.8. The SMILES string of the molecule is C=C1OCC2(/C=C/c3ccc4ccc(nc4c3)[C@@H](C)NC(=O)[C@@H]3CCCN(N3)C(=O)[C@H](C)NC(=O)[C@H](C(C)C)OC2=O)CO1.C=S(C)(=O)N1CCOC2(/C=C/c3ccc4ccc(nc4c3)[C@@H](C)NC(=O)[C@@H]3CCCN(N3)C(=O)[C@H](C)NC(=O)[C@H](C(C)C)OC2=O)C1.CCN1CCOC2(/C=C/c3ccc4ccc(nc4c3)[C@@H](C)NC(=O)[C@@H]3CCCN(N3)C(=O)[C@H](C)NC(=O)[C@H](C(C)C)OC2=O)C1. The minimum Gasteiger partial charge on any atom is -0.464 e. The van der Waals surface area contributed by atoms with E-state index in [1.54, 1.807) is 90.1 Å². The number of aromatic nitrogens is 3. The number of hydrogen-bond donors (Lipinski definition) is 9. The van der Waals surface area contributed by atoms with Gasteiger partial charge in [0.2, 0.25) is 17.7 Å². The number of cyclic esters (lactones) is 3. The second-order valence-electron chi connectivity index (χ2n) is 37.4. The number of rotatable bonds is 5. The van der Waals surface area contributed by atoms with Crippen LogP contribution in [-0.2, 0) is 100 Å². The standard InChI is InChI=1S/C33H44N6O7S.C33H44N6O6.C32H39N5O7/c1-20(2)28-30(41)35-22(4)31(42)39-15-7-8-26(37-39)29(40)34-21(3)25-12-11-24-10-9-23(18-27(24)36-25)13-14-33(32(43)46-28)19-38(16-17-45-33)47(5,6)44;1-6-38-16-17-44-33(19-38)14-13-23-9-10-24-11-12-25(36-27(24)18-23)21(4)34-29(40)26-8-7-15-39(37-26)31(42)22(5)35-30(41)28(20(2)3)45-32(33)43;1-18(2)27-29(39)34-20(4)30(40)37-14-6-7-25(36-37)28(38)33-19(3)24-11-10-23-9-8-22(15-26(23)35-24)12-13-32(31(41)44-27)16-42-21(5)43-17-32/h9-14,18,20-22,26,28,37H,5,7-8,15-17,19H2,1-4,6H3,(H,34,40)(H,35,41);9-14,18,20-22,26,28,37H,6-8,15-17,19H2,1-5H3,(H,34,40)(H,35,41);8-13,15,18-20,25,27,36H,5-7,14,16-17H2,1-4H3,(H,33,38)(H,34,39)/b2*14-13+;13-12+/t21-,22+,26+,28+,33?,47?;21-,22+,26+,28+,33?;19-,20+,25+,27+/m111/s1. The number of morpholine rings is 2. The van der Waals surface area contributed by atoms with Crippen LogP contribution < -0.4 is 48.2 Å². The van der Waals surface area contributed by atoms with Crippen molar-refractivity contribution >= 4 is 138 Å². The number of amides is 9. The number of pyridine rings is 3. The van der Waals surface area contributed by atoms with E-state index in [4.69, 9.17) is 48.1 Å². The first-order chi connectivity index (χ1) is 64.6. The van der Waals surface area contributed by atoms with E-state index in [1.165, 1.54) is 28.2 Å². The Kier molecular flexibility index (Phi) is 32.4. The Balaban J connectivity index is 0.000000173. The van der Waals surface area contributed by atoms with Crippen LogP contribution in [0, 0.1) is 23.2 Å². The van der Waals surface area contributed by atoms with Crippen LogP contribution >= 0.6 is 0 Å². The Bertz CT molecular complexity index is 5760. The molecule has 0 aliphatic carbocycles. The number of esters is 3. The molecule has 38 heteroatoms. The van der Waals surface area contributed by atoms with Gasteiger partial charge in [-0.2, -0.15) is 0 Å². The molecule has 0 saturated carbocycles. The third-order valence-corrected chi connectivity index (χ3v) is 26.9. The van der Waals surface area contributed by atoms with Crippen LogP contribution in [-0.4, -0.2) is 271 Å². The fourth-order valence-electron chi connectivity index (χ4n) is 17.2. The number of likely N-dealkylation sites (N-methyl/N-ethyl adjacent to an activating group) is 1. The van der Waals surface area contributed by atoms with Crippen molar-refractivity contribution in [1.82, 2.24) is 87.4 Å². The number of benzene rings is 3. The highest BCUT2D eigenvalue weighted by Crippen LogP contribution is 2.35. The summed E-state index contributed by atoms with van der Waals surface area (Å²) in [4.78, 5) is 179. The highest BCUT2D eigenvalue weighted by Gasteiger charge is 2.50. The fraction of sp³-hybridized carbons (Fsp3) is 0.510. The highest BCUT2D eigenvalue weighted by molar-refractivity contribution is 7.97. The number of hydrazine groups is 3. The van der Waals surface area contributed by atoms with Gasteiger partial charge in [0, 0.05) is 71.4 Å². The quantitative estimate of drug-likeness (QED) is 0.0547. The van der Waals surface area contributed by atoms with Gasteiger partial charge in [-0.15, -0.1) is 0 Å². The Hall–Kier alpha value is -12.2. The Morgan fingerprint density at radius 3 is 1.10 bits per heavy atom. The molecule has 6 aromatic rings. The summed E-state index contributed by atoms with van der Waals surface area (Å²) in [6.45, 7) is 29.5. The monoisotopic (exact) mass is 1890 g/mol. The minimum atomic E-state index is -2.71. The molecular formula is C98H127N17O20S. The fourth-order valence-corrected chi connectivity index (χ4v) is 18.1. The molecule has 6 saturated heterocycles. The molecule has 3 spiro atoms. The van der Waals surface area contributed by atoms with Crippen molar-refractivity contribution in [1.29, 1.82) is 0 Å². The van der Waals surface area contributed by atoms with E-state index < -0.39 is 158 Å². The van der Waals surface area contributed by atoms with E-state index >= 15 is 0 Å². The molecule has 9 aliphatic heterocycles. The van der Waals surface area contributed by atoms with E-state index in [0.29, 0.717) is 112 Å². The summed E-state index contributed by atoms with van der Waals surface area (Å²) < 4.78 is 55.5. The summed E-state index contributed by atoms with van der Waals surface area (Å²) in [6.07, 6.45) is 11.5. The van der Waals surface area contributed by atoms with Gasteiger partial charge in [0.15, 0.2) is 34.9 Å². The van der Waals surface area contributed by atoms with Gasteiger partial charge < -0.3 is 65.1 Å². The minimum absolute atomic E-state index is 0.0694. The maximum Gasteiger partial charge on any atom is 0.344 e. The van der Waals surface area contributed by atoms with Gasteiger partial charge in [-0.3, -0.25) is 87.0 Å². The predicted molar refractivity (Wildman–Crippen MR) is 508 cm³/mol. The van der Waals surface area contributed by atoms with E-state index in [2.05, 4.69) is 65.5 Å². The molecular weight excluding hydrogens is 1770 g/mol. The predicted octanol–water partition coefficient (Wildman–Crippen LogP) is 5.95. The summed E-state index contributed by atoms with van der Waals surface area (Å²) in [7, 11) is -2.71. The lowest BCUT2D eigenvalue weighted by Gasteiger charge is -2.40. The van der Waals surface area contributed by atoms with Crippen LogP contribution in [0.2, 0.25) is 0 Å². The van der Waals surface area contributed by atoms with Crippen LogP contribution in [0.3, 0.4) is 0 Å². The molecule has 730 valence electrons. The van der Waals surface area contributed by atoms with Crippen LogP contribution in [0.1, 0.15) is 180 Å². The van der Waals surface area contributed by atoms with E-state index in [-0.39, 0.29) is 75.1 Å². The first-order valence-corrected chi connectivity index (χ1v) is 48.7. The van der Waals surface area contributed by atoms with E-state index in [9.17, 15) is 61.7 Å². The number of carbonyl (C=O) groups is 12. The van der Waals surface area contributed by atoms with Gasteiger partial charge in [-0.25, -0.2) is 30.2 Å². The highest BCUT2D eigenvalue weighted by atomic mass is 32.2. The maximum absolute atomic E-state index is 14.1. The molecule has 3 aromatic carbocycles. The molecule has 9 aliphatic rings. The summed E-state index contributed by atoms with van der Waals surface area (Å²) >= 11 is 0. The molecule has 15 bridgehead atoms. The molecule has 12 heterocycles. The van der Waals surface area contributed by atoms with Crippen molar-refractivity contribution in [2.24, 2.45) is 23.2 Å². The van der Waals surface area contributed by atoms with Crippen LogP contribution in [0.4, 0.5) is 0 Å². The van der Waals surface area contributed by atoms with Crippen molar-refractivity contribution in [2.75, 3.05) is 85.0 Å². The van der Waals surface area contributed by atoms with Gasteiger partial charge in [-0.1, -0.05) is 127 Å². The lowest BCUT2D eigenvalue weighted by Crippen LogP contribution is -2.61. The van der Waals surface area contributed by atoms with Gasteiger partial charge in [-0.05, 0) is 182 Å². The van der Waals surface area contributed by atoms with Crippen molar-refractivity contribution in [3.8, 4) is 0 Å². The third kappa shape index (κ3) is 24.1. The molecule has 15 rings (SSSR count). The van der Waals surface area contributed by atoms with Crippen LogP contribution in [0.15, 0.2) is 122 Å². The second kappa shape index (κ2) is 43.5. The van der Waals surface area contributed by atoms with E-state index in [1.807, 2.05) is 125 Å². The van der Waals surface area contributed by atoms with Gasteiger partial charge >= 0.3 is 17.9 Å². The first kappa shape index (κ1) is 101. The zero-order valence-corrected chi connectivity index (χ0v) is 80.4.